The molecule has 0 aliphatic rings. The summed E-state index contributed by atoms with van der Waals surface area (Å²) < 4.78 is 5.93. The van der Waals surface area contributed by atoms with E-state index >= 15 is 0 Å². The van der Waals surface area contributed by atoms with E-state index in [1.165, 1.54) is 0 Å². The van der Waals surface area contributed by atoms with Crippen molar-refractivity contribution in [2.45, 2.75) is 44.8 Å². The number of aliphatic hydroxyl groups excluding tert-OH is 1. The van der Waals surface area contributed by atoms with Gasteiger partial charge in [0.2, 0.25) is 11.8 Å². The largest absolute Gasteiger partial charge is 0.455 e. The second-order valence-electron chi connectivity index (χ2n) is 9.07. The maximum atomic E-state index is 13.2. The molecule has 0 heterocycles. The number of amides is 2. The van der Waals surface area contributed by atoms with Gasteiger partial charge in [-0.05, 0) is 37.3 Å². The van der Waals surface area contributed by atoms with Crippen LogP contribution in [0.25, 0.3) is 0 Å². The van der Waals surface area contributed by atoms with Crippen LogP contribution in [-0.2, 0) is 25.5 Å². The fourth-order valence-corrected chi connectivity index (χ4v) is 3.92. The maximum absolute atomic E-state index is 13.2. The molecule has 0 aliphatic heterocycles. The van der Waals surface area contributed by atoms with E-state index < -0.39 is 24.0 Å². The van der Waals surface area contributed by atoms with Crippen LogP contribution in [0.5, 0.6) is 0 Å². The van der Waals surface area contributed by atoms with E-state index in [-0.39, 0.29) is 37.4 Å². The topological polar surface area (TPSA) is 105 Å². The van der Waals surface area contributed by atoms with Crippen molar-refractivity contribution in [1.82, 2.24) is 10.6 Å². The number of ether oxygens (including phenoxy) is 1. The van der Waals surface area contributed by atoms with E-state index in [4.69, 9.17) is 9.84 Å². The van der Waals surface area contributed by atoms with Crippen molar-refractivity contribution in [3.8, 4) is 0 Å². The lowest BCUT2D eigenvalue weighted by Crippen LogP contribution is -2.40. The molecule has 0 aromatic heterocycles. The first-order valence-electron chi connectivity index (χ1n) is 12.6. The zero-order chi connectivity index (χ0) is 27.0. The highest BCUT2D eigenvalue weighted by Gasteiger charge is 2.26. The lowest BCUT2D eigenvalue weighted by Gasteiger charge is -2.23. The molecule has 7 nitrogen and oxygen atoms in total. The number of allylic oxidation sites excluding steroid dienone is 2. The second kappa shape index (κ2) is 16.1. The third kappa shape index (κ3) is 10.4. The van der Waals surface area contributed by atoms with Gasteiger partial charge in [-0.3, -0.25) is 14.4 Å². The minimum Gasteiger partial charge on any atom is -0.455 e. The number of rotatable bonds is 16. The van der Waals surface area contributed by atoms with Gasteiger partial charge in [-0.1, -0.05) is 72.8 Å². The van der Waals surface area contributed by atoms with Crippen LogP contribution < -0.4 is 10.6 Å². The minimum absolute atomic E-state index is 0.0452. The van der Waals surface area contributed by atoms with Gasteiger partial charge in [0.1, 0.15) is 6.10 Å². The SMILES string of the molecule is C=CC[C@H](CC(=O)N[C@H](C)CO)C(=O)NC[C@H](OC(=O)[C@@H](CC=C)Cc1ccccc1)c1ccccc1. The predicted octanol–water partition coefficient (Wildman–Crippen LogP) is 3.90. The molecule has 0 fully saturated rings. The molecular formula is C30H38N2O5. The van der Waals surface area contributed by atoms with Gasteiger partial charge >= 0.3 is 5.97 Å². The van der Waals surface area contributed by atoms with E-state index in [1.54, 1.807) is 19.1 Å². The summed E-state index contributed by atoms with van der Waals surface area (Å²) in [5.41, 5.74) is 1.78. The van der Waals surface area contributed by atoms with Crippen LogP contribution in [0.1, 0.15) is 43.4 Å². The molecule has 0 aliphatic carbocycles. The summed E-state index contributed by atoms with van der Waals surface area (Å²) in [5, 5.41) is 14.7. The Morgan fingerprint density at radius 3 is 2.14 bits per heavy atom. The predicted molar refractivity (Wildman–Crippen MR) is 144 cm³/mol. The Morgan fingerprint density at radius 2 is 1.54 bits per heavy atom. The smallest absolute Gasteiger partial charge is 0.310 e. The fraction of sp³-hybridized carbons (Fsp3) is 0.367. The summed E-state index contributed by atoms with van der Waals surface area (Å²) in [7, 11) is 0. The molecule has 0 bridgehead atoms. The first kappa shape index (κ1) is 29.5. The average Bonchev–Trinajstić information content (AvgIpc) is 2.91. The highest BCUT2D eigenvalue weighted by Crippen LogP contribution is 2.22. The third-order valence-electron chi connectivity index (χ3n) is 5.94. The van der Waals surface area contributed by atoms with Crippen molar-refractivity contribution < 1.29 is 24.2 Å². The Hall–Kier alpha value is -3.71. The number of carbonyl (C=O) groups is 3. The molecule has 0 saturated heterocycles. The van der Waals surface area contributed by atoms with Crippen LogP contribution in [0.2, 0.25) is 0 Å². The van der Waals surface area contributed by atoms with Crippen LogP contribution in [0, 0.1) is 11.8 Å². The number of benzene rings is 2. The Bertz CT molecular complexity index is 1010. The van der Waals surface area contributed by atoms with E-state index in [0.717, 1.165) is 11.1 Å². The van der Waals surface area contributed by atoms with Crippen molar-refractivity contribution in [2.75, 3.05) is 13.2 Å². The monoisotopic (exact) mass is 506 g/mol. The molecule has 0 saturated carbocycles. The van der Waals surface area contributed by atoms with Crippen molar-refractivity contribution in [3.63, 3.8) is 0 Å². The number of hydrogen-bond donors (Lipinski definition) is 3. The summed E-state index contributed by atoms with van der Waals surface area (Å²) >= 11 is 0. The van der Waals surface area contributed by atoms with Crippen LogP contribution in [0.3, 0.4) is 0 Å². The lowest BCUT2D eigenvalue weighted by molar-refractivity contribution is -0.154. The maximum Gasteiger partial charge on any atom is 0.310 e. The van der Waals surface area contributed by atoms with E-state index in [1.807, 2.05) is 60.7 Å². The van der Waals surface area contributed by atoms with E-state index in [0.29, 0.717) is 19.3 Å². The molecular weight excluding hydrogens is 468 g/mol. The first-order chi connectivity index (χ1) is 17.9. The van der Waals surface area contributed by atoms with Crippen LogP contribution in [0.4, 0.5) is 0 Å². The highest BCUT2D eigenvalue weighted by molar-refractivity contribution is 5.86. The fourth-order valence-electron chi connectivity index (χ4n) is 3.92. The lowest BCUT2D eigenvalue weighted by atomic mass is 9.96. The molecule has 2 aromatic rings. The Labute approximate surface area is 219 Å². The second-order valence-corrected chi connectivity index (χ2v) is 9.07. The van der Waals surface area contributed by atoms with Crippen molar-refractivity contribution in [2.24, 2.45) is 11.8 Å². The standard InChI is InChI=1S/C30H38N2O5/c1-4-12-25(19-28(34)32-22(3)21-33)29(35)31-20-27(24-16-10-7-11-17-24)37-30(36)26(13-5-2)18-23-14-8-6-9-15-23/h4-11,14-17,22,25-27,33H,1-2,12-13,18-21H2,3H3,(H,31,35)(H,32,34)/t22-,25-,26+,27+/m1/s1. The van der Waals surface area contributed by atoms with Gasteiger partial charge in [-0.25, -0.2) is 0 Å². The van der Waals surface area contributed by atoms with Crippen molar-refractivity contribution in [1.29, 1.82) is 0 Å². The number of nitrogens with one attached hydrogen (secondary N) is 2. The van der Waals surface area contributed by atoms with Crippen LogP contribution in [-0.4, -0.2) is 42.1 Å². The normalized spacial score (nSPS) is 13.9. The number of aliphatic hydroxyl groups is 1. The highest BCUT2D eigenvalue weighted by atomic mass is 16.5. The third-order valence-corrected chi connectivity index (χ3v) is 5.94. The van der Waals surface area contributed by atoms with Crippen LogP contribution >= 0.6 is 0 Å². The van der Waals surface area contributed by atoms with Gasteiger partial charge < -0.3 is 20.5 Å². The zero-order valence-electron chi connectivity index (χ0n) is 21.5. The summed E-state index contributed by atoms with van der Waals surface area (Å²) in [4.78, 5) is 38.5. The minimum atomic E-state index is -0.701. The molecule has 0 spiro atoms. The molecule has 2 rings (SSSR count). The molecule has 37 heavy (non-hydrogen) atoms. The summed E-state index contributed by atoms with van der Waals surface area (Å²) in [6.07, 6.45) is 3.83. The van der Waals surface area contributed by atoms with Gasteiger partial charge in [0.05, 0.1) is 25.0 Å². The molecule has 3 N–H and O–H groups in total. The first-order valence-corrected chi connectivity index (χ1v) is 12.6. The zero-order valence-corrected chi connectivity index (χ0v) is 21.5. The quantitative estimate of drug-likeness (QED) is 0.237. The van der Waals surface area contributed by atoms with Crippen molar-refractivity contribution >= 4 is 17.8 Å². The molecule has 4 atom stereocenters. The van der Waals surface area contributed by atoms with Gasteiger partial charge in [0.15, 0.2) is 0 Å². The Morgan fingerprint density at radius 1 is 0.946 bits per heavy atom. The Kier molecular flexibility index (Phi) is 12.9. The summed E-state index contributed by atoms with van der Waals surface area (Å²) in [5.74, 6) is -2.08. The number of hydrogen-bond acceptors (Lipinski definition) is 5. The molecule has 2 aromatic carbocycles. The molecule has 2 amide bonds. The van der Waals surface area contributed by atoms with Crippen LogP contribution in [0.15, 0.2) is 86.0 Å². The summed E-state index contributed by atoms with van der Waals surface area (Å²) in [6, 6.07) is 18.6. The molecule has 0 unspecified atom stereocenters. The average molecular weight is 507 g/mol. The summed E-state index contributed by atoms with van der Waals surface area (Å²) in [6.45, 7) is 9.02. The van der Waals surface area contributed by atoms with Crippen molar-refractivity contribution in [3.05, 3.63) is 97.1 Å². The van der Waals surface area contributed by atoms with Gasteiger partial charge in [-0.2, -0.15) is 0 Å². The molecule has 7 heteroatoms. The number of carbonyl (C=O) groups excluding carboxylic acids is 3. The van der Waals surface area contributed by atoms with Gasteiger partial charge in [0, 0.05) is 12.5 Å². The molecule has 0 radical (unpaired) electrons. The molecule has 198 valence electrons. The van der Waals surface area contributed by atoms with E-state index in [2.05, 4.69) is 23.8 Å². The van der Waals surface area contributed by atoms with Gasteiger partial charge in [0.25, 0.3) is 0 Å². The van der Waals surface area contributed by atoms with Gasteiger partial charge in [-0.15, -0.1) is 13.2 Å². The Balaban J connectivity index is 2.11. The number of esters is 1. The van der Waals surface area contributed by atoms with E-state index in [9.17, 15) is 14.4 Å².